The van der Waals surface area contributed by atoms with E-state index >= 15 is 0 Å². The zero-order valence-electron chi connectivity index (χ0n) is 13.2. The summed E-state index contributed by atoms with van der Waals surface area (Å²) in [6.45, 7) is 2.87. The minimum absolute atomic E-state index is 0.230. The highest BCUT2D eigenvalue weighted by atomic mass is 16.5. The molecule has 3 rings (SSSR count). The van der Waals surface area contributed by atoms with Gasteiger partial charge >= 0.3 is 0 Å². The molecule has 0 saturated carbocycles. The first-order valence-corrected chi connectivity index (χ1v) is 7.58. The van der Waals surface area contributed by atoms with E-state index in [0.717, 1.165) is 5.56 Å². The second-order valence-corrected chi connectivity index (χ2v) is 5.00. The number of pyridine rings is 1. The van der Waals surface area contributed by atoms with Crippen LogP contribution >= 0.6 is 0 Å². The highest BCUT2D eigenvalue weighted by Crippen LogP contribution is 2.15. The number of aromatic nitrogens is 4. The summed E-state index contributed by atoms with van der Waals surface area (Å²) < 4.78 is 7.01. The lowest BCUT2D eigenvalue weighted by molar-refractivity contribution is 0.102. The second kappa shape index (κ2) is 7.36. The van der Waals surface area contributed by atoms with Crippen molar-refractivity contribution in [2.24, 2.45) is 0 Å². The van der Waals surface area contributed by atoms with Gasteiger partial charge in [-0.3, -0.25) is 4.79 Å². The maximum Gasteiger partial charge on any atom is 0.257 e. The number of rotatable bonds is 6. The second-order valence-electron chi connectivity index (χ2n) is 5.00. The largest absolute Gasteiger partial charge is 0.478 e. The molecule has 24 heavy (non-hydrogen) atoms. The topological polar surface area (TPSA) is 81.9 Å². The molecule has 0 atom stereocenters. The van der Waals surface area contributed by atoms with Gasteiger partial charge in [0.25, 0.3) is 5.91 Å². The van der Waals surface area contributed by atoms with Crippen LogP contribution in [0, 0.1) is 0 Å². The van der Waals surface area contributed by atoms with Crippen molar-refractivity contribution < 1.29 is 9.53 Å². The van der Waals surface area contributed by atoms with E-state index in [2.05, 4.69) is 20.4 Å². The van der Waals surface area contributed by atoms with E-state index in [1.165, 1.54) is 6.33 Å². The van der Waals surface area contributed by atoms with E-state index in [1.54, 1.807) is 35.3 Å². The van der Waals surface area contributed by atoms with E-state index in [0.29, 0.717) is 30.4 Å². The molecule has 122 valence electrons. The van der Waals surface area contributed by atoms with E-state index in [1.807, 2.05) is 25.1 Å². The minimum atomic E-state index is -0.230. The molecule has 0 aliphatic rings. The van der Waals surface area contributed by atoms with Gasteiger partial charge in [-0.2, -0.15) is 10.1 Å². The van der Waals surface area contributed by atoms with Gasteiger partial charge in [0.15, 0.2) is 0 Å². The lowest BCUT2D eigenvalue weighted by Gasteiger charge is -2.10. The average Bonchev–Trinajstić information content (AvgIpc) is 3.09. The van der Waals surface area contributed by atoms with Crippen LogP contribution in [0.5, 0.6) is 5.88 Å². The normalized spacial score (nSPS) is 10.4. The Bertz CT molecular complexity index is 817. The first kappa shape index (κ1) is 15.7. The predicted octanol–water partition coefficient (Wildman–Crippen LogP) is 2.37. The molecule has 0 fully saturated rings. The lowest BCUT2D eigenvalue weighted by Crippen LogP contribution is -2.16. The van der Waals surface area contributed by atoms with Gasteiger partial charge < -0.3 is 10.1 Å². The molecule has 1 N–H and O–H groups in total. The van der Waals surface area contributed by atoms with E-state index in [9.17, 15) is 4.79 Å². The molecule has 3 aromatic rings. The van der Waals surface area contributed by atoms with Crippen LogP contribution in [0.1, 0.15) is 22.8 Å². The molecule has 0 aliphatic carbocycles. The molecule has 0 unspecified atom stereocenters. The molecule has 2 aromatic heterocycles. The first-order valence-electron chi connectivity index (χ1n) is 7.58. The Hall–Kier alpha value is -3.22. The smallest absolute Gasteiger partial charge is 0.257 e. The number of carbonyl (C=O) groups excluding carboxylic acids is 1. The summed E-state index contributed by atoms with van der Waals surface area (Å²) in [6.07, 6.45) is 3.08. The van der Waals surface area contributed by atoms with Crippen LogP contribution in [0.25, 0.3) is 0 Å². The van der Waals surface area contributed by atoms with Crippen molar-refractivity contribution in [3.05, 3.63) is 66.2 Å². The SMILES string of the molecule is CCOc1cccc(NC(=O)c2ccccc2Cn2cncn2)n1. The Kier molecular flexibility index (Phi) is 4.81. The van der Waals surface area contributed by atoms with Crippen molar-refractivity contribution in [2.75, 3.05) is 11.9 Å². The molecule has 0 radical (unpaired) electrons. The number of ether oxygens (including phenoxy) is 1. The first-order chi connectivity index (χ1) is 11.8. The average molecular weight is 323 g/mol. The standard InChI is InChI=1S/C17H17N5O2/c1-2-24-16-9-5-8-15(20-16)21-17(23)14-7-4-3-6-13(14)10-22-12-18-11-19-22/h3-9,11-12H,2,10H2,1H3,(H,20,21,23). The fourth-order valence-electron chi connectivity index (χ4n) is 2.26. The number of amides is 1. The molecule has 7 nitrogen and oxygen atoms in total. The van der Waals surface area contributed by atoms with Crippen LogP contribution in [0.15, 0.2) is 55.1 Å². The maximum atomic E-state index is 12.6. The number of carbonyl (C=O) groups is 1. The monoisotopic (exact) mass is 323 g/mol. The molecule has 1 aromatic carbocycles. The minimum Gasteiger partial charge on any atom is -0.478 e. The third-order valence-corrected chi connectivity index (χ3v) is 3.32. The van der Waals surface area contributed by atoms with Gasteiger partial charge in [0.1, 0.15) is 18.5 Å². The predicted molar refractivity (Wildman–Crippen MR) is 88.9 cm³/mol. The molecule has 2 heterocycles. The zero-order valence-corrected chi connectivity index (χ0v) is 13.2. The van der Waals surface area contributed by atoms with Gasteiger partial charge in [0.05, 0.1) is 13.2 Å². The molecule has 0 aliphatic heterocycles. The number of nitrogens with zero attached hydrogens (tertiary/aromatic N) is 4. The highest BCUT2D eigenvalue weighted by molar-refractivity contribution is 6.04. The van der Waals surface area contributed by atoms with Crippen LogP contribution < -0.4 is 10.1 Å². The van der Waals surface area contributed by atoms with E-state index in [-0.39, 0.29) is 5.91 Å². The van der Waals surface area contributed by atoms with Crippen molar-refractivity contribution in [3.63, 3.8) is 0 Å². The quantitative estimate of drug-likeness (QED) is 0.753. The Morgan fingerprint density at radius 3 is 2.88 bits per heavy atom. The number of anilines is 1. The van der Waals surface area contributed by atoms with Crippen molar-refractivity contribution in [2.45, 2.75) is 13.5 Å². The van der Waals surface area contributed by atoms with Gasteiger partial charge in [-0.05, 0) is 24.6 Å². The summed E-state index contributed by atoms with van der Waals surface area (Å²) in [5, 5.41) is 6.87. The third kappa shape index (κ3) is 3.75. The fourth-order valence-corrected chi connectivity index (χ4v) is 2.26. The fraction of sp³-hybridized carbons (Fsp3) is 0.176. The summed E-state index contributed by atoms with van der Waals surface area (Å²) in [7, 11) is 0. The molecule has 0 bridgehead atoms. The summed E-state index contributed by atoms with van der Waals surface area (Å²) in [6, 6.07) is 12.6. The Labute approximate surface area is 139 Å². The summed E-state index contributed by atoms with van der Waals surface area (Å²) >= 11 is 0. The summed E-state index contributed by atoms with van der Waals surface area (Å²) in [5.74, 6) is 0.694. The molecule has 1 amide bonds. The Morgan fingerprint density at radius 1 is 1.21 bits per heavy atom. The van der Waals surface area contributed by atoms with E-state index < -0.39 is 0 Å². The Balaban J connectivity index is 1.79. The van der Waals surface area contributed by atoms with Crippen molar-refractivity contribution in [1.29, 1.82) is 0 Å². The van der Waals surface area contributed by atoms with Crippen LogP contribution in [0.4, 0.5) is 5.82 Å². The zero-order chi connectivity index (χ0) is 16.8. The van der Waals surface area contributed by atoms with Crippen LogP contribution in [-0.2, 0) is 6.54 Å². The summed E-state index contributed by atoms with van der Waals surface area (Å²) in [5.41, 5.74) is 1.41. The number of hydrogen-bond acceptors (Lipinski definition) is 5. The number of hydrogen-bond donors (Lipinski definition) is 1. The highest BCUT2D eigenvalue weighted by Gasteiger charge is 2.12. The number of benzene rings is 1. The van der Waals surface area contributed by atoms with Crippen LogP contribution in [0.3, 0.4) is 0 Å². The third-order valence-electron chi connectivity index (χ3n) is 3.32. The molecule has 0 saturated heterocycles. The van der Waals surface area contributed by atoms with Crippen molar-refractivity contribution in [3.8, 4) is 5.88 Å². The van der Waals surface area contributed by atoms with Crippen LogP contribution in [0.2, 0.25) is 0 Å². The van der Waals surface area contributed by atoms with Gasteiger partial charge in [0, 0.05) is 11.6 Å². The Morgan fingerprint density at radius 2 is 2.08 bits per heavy atom. The van der Waals surface area contributed by atoms with Gasteiger partial charge in [-0.1, -0.05) is 24.3 Å². The molecule has 0 spiro atoms. The van der Waals surface area contributed by atoms with Crippen LogP contribution in [-0.4, -0.2) is 32.3 Å². The van der Waals surface area contributed by atoms with Gasteiger partial charge in [0.2, 0.25) is 5.88 Å². The maximum absolute atomic E-state index is 12.6. The van der Waals surface area contributed by atoms with Crippen molar-refractivity contribution in [1.82, 2.24) is 19.7 Å². The molecular weight excluding hydrogens is 306 g/mol. The summed E-state index contributed by atoms with van der Waals surface area (Å²) in [4.78, 5) is 20.8. The van der Waals surface area contributed by atoms with Crippen molar-refractivity contribution >= 4 is 11.7 Å². The number of nitrogens with one attached hydrogen (secondary N) is 1. The molecular formula is C17H17N5O2. The van der Waals surface area contributed by atoms with Gasteiger partial charge in [-0.15, -0.1) is 0 Å². The lowest BCUT2D eigenvalue weighted by atomic mass is 10.1. The van der Waals surface area contributed by atoms with E-state index in [4.69, 9.17) is 4.74 Å². The van der Waals surface area contributed by atoms with Gasteiger partial charge in [-0.25, -0.2) is 9.67 Å². The molecule has 7 heteroatoms.